The predicted molar refractivity (Wildman–Crippen MR) is 91.6 cm³/mol. The molecule has 3 heterocycles. The third-order valence-electron chi connectivity index (χ3n) is 4.38. The first-order valence-corrected chi connectivity index (χ1v) is 8.45. The van der Waals surface area contributed by atoms with E-state index in [1.807, 2.05) is 6.07 Å². The van der Waals surface area contributed by atoms with Gasteiger partial charge in [-0.2, -0.15) is 0 Å². The molecular formula is C17H22N4O4. The fourth-order valence-corrected chi connectivity index (χ4v) is 2.96. The van der Waals surface area contributed by atoms with E-state index in [0.717, 1.165) is 12.8 Å². The van der Waals surface area contributed by atoms with Gasteiger partial charge < -0.3 is 14.7 Å². The SMILES string of the molecule is CCOC(=O)c1nc2ccccn2c1NC(=O)N1CCC(CO)CC1. The Hall–Kier alpha value is -2.61. The van der Waals surface area contributed by atoms with E-state index in [9.17, 15) is 14.7 Å². The van der Waals surface area contributed by atoms with Crippen molar-refractivity contribution >= 4 is 23.5 Å². The van der Waals surface area contributed by atoms with Gasteiger partial charge in [0.2, 0.25) is 0 Å². The van der Waals surface area contributed by atoms with Gasteiger partial charge in [0.15, 0.2) is 11.5 Å². The molecular weight excluding hydrogens is 324 g/mol. The molecule has 0 atom stereocenters. The number of likely N-dealkylation sites (tertiary alicyclic amines) is 1. The summed E-state index contributed by atoms with van der Waals surface area (Å²) in [5.41, 5.74) is 0.645. The van der Waals surface area contributed by atoms with Gasteiger partial charge in [0, 0.05) is 25.9 Å². The average molecular weight is 346 g/mol. The first-order valence-electron chi connectivity index (χ1n) is 8.45. The molecule has 8 nitrogen and oxygen atoms in total. The fraction of sp³-hybridized carbons (Fsp3) is 0.471. The maximum atomic E-state index is 12.6. The van der Waals surface area contributed by atoms with Crippen LogP contribution < -0.4 is 5.32 Å². The Bertz CT molecular complexity index is 765. The topological polar surface area (TPSA) is 96.2 Å². The van der Waals surface area contributed by atoms with Crippen molar-refractivity contribution in [3.8, 4) is 0 Å². The highest BCUT2D eigenvalue weighted by atomic mass is 16.5. The van der Waals surface area contributed by atoms with Crippen molar-refractivity contribution in [2.24, 2.45) is 5.92 Å². The van der Waals surface area contributed by atoms with E-state index in [0.29, 0.717) is 24.6 Å². The van der Waals surface area contributed by atoms with E-state index < -0.39 is 5.97 Å². The van der Waals surface area contributed by atoms with Gasteiger partial charge in [-0.1, -0.05) is 6.07 Å². The molecule has 134 valence electrons. The van der Waals surface area contributed by atoms with Gasteiger partial charge in [0.1, 0.15) is 5.65 Å². The minimum atomic E-state index is -0.569. The number of esters is 1. The zero-order chi connectivity index (χ0) is 17.8. The number of piperidine rings is 1. The lowest BCUT2D eigenvalue weighted by Gasteiger charge is -2.31. The van der Waals surface area contributed by atoms with Crippen LogP contribution in [0.1, 0.15) is 30.3 Å². The number of anilines is 1. The number of fused-ring (bicyclic) bond motifs is 1. The number of aromatic nitrogens is 2. The van der Waals surface area contributed by atoms with Crippen LogP contribution in [0, 0.1) is 5.92 Å². The van der Waals surface area contributed by atoms with Crippen LogP contribution in [0.4, 0.5) is 10.6 Å². The summed E-state index contributed by atoms with van der Waals surface area (Å²) in [6.45, 7) is 3.24. The molecule has 0 aromatic carbocycles. The lowest BCUT2D eigenvalue weighted by Crippen LogP contribution is -2.42. The van der Waals surface area contributed by atoms with Gasteiger partial charge >= 0.3 is 12.0 Å². The lowest BCUT2D eigenvalue weighted by molar-refractivity contribution is 0.0521. The summed E-state index contributed by atoms with van der Waals surface area (Å²) in [6.07, 6.45) is 3.27. The third kappa shape index (κ3) is 3.58. The number of imidazole rings is 1. The number of hydrogen-bond donors (Lipinski definition) is 2. The minimum Gasteiger partial charge on any atom is -0.461 e. The van der Waals surface area contributed by atoms with Gasteiger partial charge in [-0.15, -0.1) is 0 Å². The normalized spacial score (nSPS) is 15.4. The van der Waals surface area contributed by atoms with Crippen LogP contribution in [-0.2, 0) is 4.74 Å². The molecule has 1 aliphatic heterocycles. The van der Waals surface area contributed by atoms with E-state index in [2.05, 4.69) is 10.3 Å². The number of carbonyl (C=O) groups excluding carboxylic acids is 2. The Balaban J connectivity index is 1.83. The summed E-state index contributed by atoms with van der Waals surface area (Å²) >= 11 is 0. The van der Waals surface area contributed by atoms with Crippen molar-refractivity contribution in [1.82, 2.24) is 14.3 Å². The molecule has 3 rings (SSSR count). The van der Waals surface area contributed by atoms with Crippen LogP contribution in [-0.4, -0.2) is 57.7 Å². The maximum absolute atomic E-state index is 12.6. The zero-order valence-electron chi connectivity index (χ0n) is 14.1. The lowest BCUT2D eigenvalue weighted by atomic mass is 9.98. The number of aliphatic hydroxyl groups excluding tert-OH is 1. The third-order valence-corrected chi connectivity index (χ3v) is 4.38. The van der Waals surface area contributed by atoms with Crippen LogP contribution in [0.3, 0.4) is 0 Å². The van der Waals surface area contributed by atoms with Crippen molar-refractivity contribution in [3.63, 3.8) is 0 Å². The quantitative estimate of drug-likeness (QED) is 0.822. The number of nitrogens with one attached hydrogen (secondary N) is 1. The number of ether oxygens (including phenoxy) is 1. The van der Waals surface area contributed by atoms with Crippen LogP contribution in [0.5, 0.6) is 0 Å². The summed E-state index contributed by atoms with van der Waals surface area (Å²) in [4.78, 5) is 30.7. The van der Waals surface area contributed by atoms with E-state index in [1.54, 1.807) is 34.6 Å². The molecule has 0 saturated carbocycles. The molecule has 1 fully saturated rings. The smallest absolute Gasteiger partial charge is 0.360 e. The molecule has 2 aromatic heterocycles. The summed E-state index contributed by atoms with van der Waals surface area (Å²) in [5, 5.41) is 12.0. The van der Waals surface area contributed by atoms with E-state index in [1.165, 1.54) is 0 Å². The summed E-state index contributed by atoms with van der Waals surface area (Å²) in [6, 6.07) is 5.08. The second kappa shape index (κ2) is 7.52. The fourth-order valence-electron chi connectivity index (χ4n) is 2.96. The second-order valence-corrected chi connectivity index (χ2v) is 6.00. The van der Waals surface area contributed by atoms with Crippen LogP contribution in [0.25, 0.3) is 5.65 Å². The molecule has 0 bridgehead atoms. The predicted octanol–water partition coefficient (Wildman–Crippen LogP) is 1.75. The number of nitrogens with zero attached hydrogens (tertiary/aromatic N) is 3. The number of carbonyl (C=O) groups is 2. The number of hydrogen-bond acceptors (Lipinski definition) is 5. The molecule has 1 aliphatic rings. The molecule has 0 unspecified atom stereocenters. The van der Waals surface area contributed by atoms with Gasteiger partial charge in [0.25, 0.3) is 0 Å². The number of aliphatic hydroxyl groups is 1. The van der Waals surface area contributed by atoms with Gasteiger partial charge in [-0.25, -0.2) is 14.6 Å². The van der Waals surface area contributed by atoms with E-state index >= 15 is 0 Å². The largest absolute Gasteiger partial charge is 0.461 e. The van der Waals surface area contributed by atoms with E-state index in [-0.39, 0.29) is 30.9 Å². The highest BCUT2D eigenvalue weighted by Crippen LogP contribution is 2.21. The molecule has 2 aromatic rings. The van der Waals surface area contributed by atoms with Crippen molar-refractivity contribution < 1.29 is 19.4 Å². The minimum absolute atomic E-state index is 0.0895. The summed E-state index contributed by atoms with van der Waals surface area (Å²) in [5.74, 6) is -0.0150. The monoisotopic (exact) mass is 346 g/mol. The molecule has 0 spiro atoms. The van der Waals surface area contributed by atoms with Crippen molar-refractivity contribution in [1.29, 1.82) is 0 Å². The van der Waals surface area contributed by atoms with Gasteiger partial charge in [-0.05, 0) is 37.8 Å². The number of urea groups is 1. The maximum Gasteiger partial charge on any atom is 0.360 e. The van der Waals surface area contributed by atoms with Gasteiger partial charge in [-0.3, -0.25) is 9.72 Å². The Labute approximate surface area is 145 Å². The second-order valence-electron chi connectivity index (χ2n) is 6.00. The molecule has 2 amide bonds. The first-order chi connectivity index (χ1) is 12.1. The highest BCUT2D eigenvalue weighted by Gasteiger charge is 2.26. The summed E-state index contributed by atoms with van der Waals surface area (Å²) in [7, 11) is 0. The highest BCUT2D eigenvalue weighted by molar-refractivity contribution is 5.99. The Morgan fingerprint density at radius 3 is 2.80 bits per heavy atom. The van der Waals surface area contributed by atoms with Gasteiger partial charge in [0.05, 0.1) is 6.61 Å². The molecule has 8 heteroatoms. The van der Waals surface area contributed by atoms with Crippen molar-refractivity contribution in [3.05, 3.63) is 30.1 Å². The zero-order valence-corrected chi connectivity index (χ0v) is 14.1. The van der Waals surface area contributed by atoms with Crippen LogP contribution in [0.2, 0.25) is 0 Å². The van der Waals surface area contributed by atoms with Crippen LogP contribution >= 0.6 is 0 Å². The molecule has 1 saturated heterocycles. The average Bonchev–Trinajstić information content (AvgIpc) is 3.01. The molecule has 0 aliphatic carbocycles. The molecule has 2 N–H and O–H groups in total. The first kappa shape index (κ1) is 17.2. The standard InChI is InChI=1S/C17H22N4O4/c1-2-25-16(23)14-15(21-8-4-3-5-13(21)18-14)19-17(24)20-9-6-12(11-22)7-10-20/h3-5,8,12,22H,2,6-7,9-11H2,1H3,(H,19,24). The number of rotatable bonds is 4. The Kier molecular flexibility index (Phi) is 5.18. The summed E-state index contributed by atoms with van der Waals surface area (Å²) < 4.78 is 6.70. The van der Waals surface area contributed by atoms with E-state index in [4.69, 9.17) is 4.74 Å². The number of amides is 2. The van der Waals surface area contributed by atoms with Crippen molar-refractivity contribution in [2.45, 2.75) is 19.8 Å². The Morgan fingerprint density at radius 2 is 2.12 bits per heavy atom. The molecule has 25 heavy (non-hydrogen) atoms. The van der Waals surface area contributed by atoms with Crippen molar-refractivity contribution in [2.75, 3.05) is 31.6 Å². The van der Waals surface area contributed by atoms with Crippen LogP contribution in [0.15, 0.2) is 24.4 Å². The Morgan fingerprint density at radius 1 is 1.36 bits per heavy atom. The molecule has 0 radical (unpaired) electrons. The number of pyridine rings is 1.